The molecule has 8 heteroatoms. The van der Waals surface area contributed by atoms with Crippen LogP contribution in [-0.2, 0) is 0 Å². The first-order valence-electron chi connectivity index (χ1n) is 7.14. The Bertz CT molecular complexity index is 1080. The molecule has 0 bridgehead atoms. The average molecular weight is 356 g/mol. The highest BCUT2D eigenvalue weighted by molar-refractivity contribution is 7.21. The molecule has 0 unspecified atom stereocenters. The molecule has 2 N–H and O–H groups in total. The zero-order chi connectivity index (χ0) is 16.7. The number of nitrogens with zero attached hydrogens (tertiary/aromatic N) is 2. The molecule has 0 fully saturated rings. The normalized spacial score (nSPS) is 11.0. The lowest BCUT2D eigenvalue weighted by atomic mass is 10.2. The van der Waals surface area contributed by atoms with Crippen molar-refractivity contribution in [2.75, 3.05) is 12.4 Å². The van der Waals surface area contributed by atoms with Crippen molar-refractivity contribution in [2.45, 2.75) is 0 Å². The fourth-order valence-electron chi connectivity index (χ4n) is 2.43. The van der Waals surface area contributed by atoms with Crippen LogP contribution in [0.1, 0.15) is 20.0 Å². The van der Waals surface area contributed by atoms with Crippen molar-refractivity contribution in [3.05, 3.63) is 52.3 Å². The smallest absolute Gasteiger partial charge is 0.265 e. The Labute approximate surface area is 144 Å². The van der Waals surface area contributed by atoms with Gasteiger partial charge in [-0.3, -0.25) is 14.0 Å². The number of aromatic nitrogens is 2. The molecular formula is C16H12N4O2S2. The lowest BCUT2D eigenvalue weighted by Crippen LogP contribution is -2.18. The van der Waals surface area contributed by atoms with E-state index in [1.807, 2.05) is 22.0 Å². The predicted octanol–water partition coefficient (Wildman–Crippen LogP) is 3.22. The summed E-state index contributed by atoms with van der Waals surface area (Å²) in [6.45, 7) is 0. The van der Waals surface area contributed by atoms with Crippen molar-refractivity contribution >= 4 is 55.5 Å². The van der Waals surface area contributed by atoms with Gasteiger partial charge < -0.3 is 10.6 Å². The molecule has 3 heterocycles. The van der Waals surface area contributed by atoms with Crippen LogP contribution >= 0.6 is 22.7 Å². The van der Waals surface area contributed by atoms with Crippen molar-refractivity contribution in [3.63, 3.8) is 0 Å². The SMILES string of the molecule is CNC(=O)c1cccc(NC(=O)c2cc3c(nc4sccn43)s2)c1. The highest BCUT2D eigenvalue weighted by Gasteiger charge is 2.15. The zero-order valence-electron chi connectivity index (χ0n) is 12.6. The Morgan fingerprint density at radius 1 is 1.21 bits per heavy atom. The number of imidazole rings is 1. The van der Waals surface area contributed by atoms with Crippen LogP contribution in [0.4, 0.5) is 5.69 Å². The van der Waals surface area contributed by atoms with Crippen LogP contribution in [0.2, 0.25) is 0 Å². The molecule has 120 valence electrons. The zero-order valence-corrected chi connectivity index (χ0v) is 14.2. The van der Waals surface area contributed by atoms with Crippen LogP contribution in [0, 0.1) is 0 Å². The first-order chi connectivity index (χ1) is 11.7. The number of hydrogen-bond acceptors (Lipinski definition) is 5. The van der Waals surface area contributed by atoms with Crippen molar-refractivity contribution in [3.8, 4) is 0 Å². The summed E-state index contributed by atoms with van der Waals surface area (Å²) in [6.07, 6.45) is 1.94. The summed E-state index contributed by atoms with van der Waals surface area (Å²) in [5.74, 6) is -0.405. The molecule has 0 spiro atoms. The molecule has 0 aliphatic rings. The van der Waals surface area contributed by atoms with Crippen LogP contribution in [0.15, 0.2) is 41.9 Å². The molecule has 3 aromatic heterocycles. The van der Waals surface area contributed by atoms with Gasteiger partial charge in [-0.1, -0.05) is 6.07 Å². The van der Waals surface area contributed by atoms with E-state index in [0.29, 0.717) is 16.1 Å². The molecule has 4 rings (SSSR count). The maximum Gasteiger partial charge on any atom is 0.265 e. The van der Waals surface area contributed by atoms with E-state index < -0.39 is 0 Å². The molecule has 0 radical (unpaired) electrons. The number of benzene rings is 1. The van der Waals surface area contributed by atoms with Gasteiger partial charge in [0.1, 0.15) is 4.83 Å². The van der Waals surface area contributed by atoms with E-state index in [4.69, 9.17) is 0 Å². The van der Waals surface area contributed by atoms with E-state index in [-0.39, 0.29) is 11.8 Å². The Morgan fingerprint density at radius 2 is 2.08 bits per heavy atom. The third kappa shape index (κ3) is 2.45. The van der Waals surface area contributed by atoms with Crippen molar-refractivity contribution in [1.82, 2.24) is 14.7 Å². The van der Waals surface area contributed by atoms with Gasteiger partial charge in [0.15, 0.2) is 4.96 Å². The minimum Gasteiger partial charge on any atom is -0.355 e. The van der Waals surface area contributed by atoms with Crippen LogP contribution in [0.3, 0.4) is 0 Å². The molecule has 4 aromatic rings. The lowest BCUT2D eigenvalue weighted by Gasteiger charge is -2.05. The minimum absolute atomic E-state index is 0.193. The predicted molar refractivity (Wildman–Crippen MR) is 96.2 cm³/mol. The van der Waals surface area contributed by atoms with E-state index in [2.05, 4.69) is 15.6 Å². The van der Waals surface area contributed by atoms with Gasteiger partial charge >= 0.3 is 0 Å². The van der Waals surface area contributed by atoms with Crippen LogP contribution in [0.25, 0.3) is 15.3 Å². The number of anilines is 1. The number of carbonyl (C=O) groups is 2. The maximum absolute atomic E-state index is 12.5. The topological polar surface area (TPSA) is 75.5 Å². The molecule has 2 amide bonds. The third-order valence-electron chi connectivity index (χ3n) is 3.57. The molecular weight excluding hydrogens is 344 g/mol. The first kappa shape index (κ1) is 14.9. The van der Waals surface area contributed by atoms with Crippen LogP contribution in [0.5, 0.6) is 0 Å². The number of thiazole rings is 1. The second kappa shape index (κ2) is 5.73. The lowest BCUT2D eigenvalue weighted by molar-refractivity contribution is 0.0961. The van der Waals surface area contributed by atoms with E-state index in [1.165, 1.54) is 11.3 Å². The fraction of sp³-hybridized carbons (Fsp3) is 0.0625. The molecule has 24 heavy (non-hydrogen) atoms. The summed E-state index contributed by atoms with van der Waals surface area (Å²) in [6, 6.07) is 8.67. The summed E-state index contributed by atoms with van der Waals surface area (Å²) in [5, 5.41) is 7.35. The minimum atomic E-state index is -0.212. The van der Waals surface area contributed by atoms with Gasteiger partial charge in [-0.25, -0.2) is 4.98 Å². The molecule has 1 aromatic carbocycles. The number of hydrogen-bond donors (Lipinski definition) is 2. The second-order valence-corrected chi connectivity index (χ2v) is 6.99. The number of thiophene rings is 1. The van der Waals surface area contributed by atoms with Crippen molar-refractivity contribution in [1.29, 1.82) is 0 Å². The van der Waals surface area contributed by atoms with E-state index in [0.717, 1.165) is 15.3 Å². The van der Waals surface area contributed by atoms with Gasteiger partial charge in [-0.15, -0.1) is 22.7 Å². The second-order valence-electron chi connectivity index (χ2n) is 5.08. The Hall–Kier alpha value is -2.71. The van der Waals surface area contributed by atoms with E-state index >= 15 is 0 Å². The number of amides is 2. The number of nitrogens with one attached hydrogen (secondary N) is 2. The highest BCUT2D eigenvalue weighted by atomic mass is 32.1. The Balaban J connectivity index is 1.61. The van der Waals surface area contributed by atoms with Gasteiger partial charge in [-0.2, -0.15) is 0 Å². The first-order valence-corrected chi connectivity index (χ1v) is 8.84. The molecule has 0 atom stereocenters. The van der Waals surface area contributed by atoms with Gasteiger partial charge in [0, 0.05) is 29.9 Å². The highest BCUT2D eigenvalue weighted by Crippen LogP contribution is 2.28. The molecule has 0 saturated heterocycles. The summed E-state index contributed by atoms with van der Waals surface area (Å²) >= 11 is 2.91. The summed E-state index contributed by atoms with van der Waals surface area (Å²) in [4.78, 5) is 31.0. The number of fused-ring (bicyclic) bond motifs is 3. The third-order valence-corrected chi connectivity index (χ3v) is 5.35. The largest absolute Gasteiger partial charge is 0.355 e. The van der Waals surface area contributed by atoms with Gasteiger partial charge in [0.25, 0.3) is 11.8 Å². The van der Waals surface area contributed by atoms with Crippen LogP contribution in [-0.4, -0.2) is 28.2 Å². The van der Waals surface area contributed by atoms with Crippen LogP contribution < -0.4 is 10.6 Å². The number of carbonyl (C=O) groups excluding carboxylic acids is 2. The average Bonchev–Trinajstić information content (AvgIpc) is 3.26. The number of rotatable bonds is 3. The standard InChI is InChI=1S/C16H12N4O2S2/c1-17-13(21)9-3-2-4-10(7-9)18-14(22)12-8-11-15(24-12)19-16-20(11)5-6-23-16/h2-8H,1H3,(H,17,21)(H,18,22). The van der Waals surface area contributed by atoms with Crippen molar-refractivity contribution < 1.29 is 9.59 Å². The summed E-state index contributed by atoms with van der Waals surface area (Å²) in [7, 11) is 1.57. The van der Waals surface area contributed by atoms with E-state index in [1.54, 1.807) is 42.6 Å². The van der Waals surface area contributed by atoms with Gasteiger partial charge in [0.2, 0.25) is 0 Å². The molecule has 0 aliphatic carbocycles. The fourth-order valence-corrected chi connectivity index (χ4v) is 4.13. The Morgan fingerprint density at radius 3 is 2.92 bits per heavy atom. The summed E-state index contributed by atoms with van der Waals surface area (Å²) in [5.41, 5.74) is 2.01. The maximum atomic E-state index is 12.5. The Kier molecular flexibility index (Phi) is 3.55. The molecule has 6 nitrogen and oxygen atoms in total. The summed E-state index contributed by atoms with van der Waals surface area (Å²) < 4.78 is 1.97. The van der Waals surface area contributed by atoms with Gasteiger partial charge in [0.05, 0.1) is 10.4 Å². The molecule has 0 aliphatic heterocycles. The van der Waals surface area contributed by atoms with Crippen molar-refractivity contribution in [2.24, 2.45) is 0 Å². The molecule has 0 saturated carbocycles. The van der Waals surface area contributed by atoms with E-state index in [9.17, 15) is 9.59 Å². The monoisotopic (exact) mass is 356 g/mol. The quantitative estimate of drug-likeness (QED) is 0.592. The van der Waals surface area contributed by atoms with Gasteiger partial charge in [-0.05, 0) is 24.3 Å².